The van der Waals surface area contributed by atoms with Crippen LogP contribution < -0.4 is 10.2 Å². The Morgan fingerprint density at radius 3 is 3.00 bits per heavy atom. The van der Waals surface area contributed by atoms with Gasteiger partial charge in [-0.2, -0.15) is 0 Å². The Hall–Kier alpha value is -1.16. The van der Waals surface area contributed by atoms with Crippen molar-refractivity contribution in [1.29, 1.82) is 0 Å². The molecule has 0 bridgehead atoms. The third-order valence-corrected chi connectivity index (χ3v) is 4.07. The zero-order valence-electron chi connectivity index (χ0n) is 12.4. The predicted molar refractivity (Wildman–Crippen MR) is 79.2 cm³/mol. The molecule has 1 aliphatic heterocycles. The van der Waals surface area contributed by atoms with E-state index in [1.807, 2.05) is 12.4 Å². The molecular formula is C15H26N4. The minimum absolute atomic E-state index is 0.557. The fraction of sp³-hybridized carbons (Fsp3) is 0.733. The molecule has 0 aliphatic carbocycles. The van der Waals surface area contributed by atoms with Crippen LogP contribution in [0.1, 0.15) is 45.7 Å². The van der Waals surface area contributed by atoms with Gasteiger partial charge in [0.2, 0.25) is 0 Å². The van der Waals surface area contributed by atoms with Crippen molar-refractivity contribution in [2.45, 2.75) is 52.6 Å². The Bertz CT molecular complexity index is 393. The highest BCUT2D eigenvalue weighted by molar-refractivity contribution is 5.38. The maximum atomic E-state index is 4.75. The van der Waals surface area contributed by atoms with E-state index < -0.39 is 0 Å². The Morgan fingerprint density at radius 1 is 1.37 bits per heavy atom. The molecule has 0 saturated carbocycles. The van der Waals surface area contributed by atoms with Gasteiger partial charge < -0.3 is 10.2 Å². The maximum Gasteiger partial charge on any atom is 0.147 e. The maximum absolute atomic E-state index is 4.75. The van der Waals surface area contributed by atoms with Crippen LogP contribution in [0.25, 0.3) is 0 Å². The molecule has 1 aromatic rings. The zero-order valence-corrected chi connectivity index (χ0v) is 12.4. The normalized spacial score (nSPS) is 23.6. The molecule has 0 aromatic carbocycles. The van der Waals surface area contributed by atoms with Crippen LogP contribution >= 0.6 is 0 Å². The molecule has 1 aliphatic rings. The van der Waals surface area contributed by atoms with Crippen LogP contribution in [0.5, 0.6) is 0 Å². The fourth-order valence-corrected chi connectivity index (χ4v) is 2.67. The van der Waals surface area contributed by atoms with E-state index in [4.69, 9.17) is 4.98 Å². The van der Waals surface area contributed by atoms with Crippen molar-refractivity contribution in [3.05, 3.63) is 18.1 Å². The summed E-state index contributed by atoms with van der Waals surface area (Å²) in [5.74, 6) is 1.77. The Labute approximate surface area is 116 Å². The molecule has 1 N–H and O–H groups in total. The first-order valence-electron chi connectivity index (χ1n) is 7.50. The molecule has 1 aromatic heterocycles. The molecule has 0 spiro atoms. The van der Waals surface area contributed by atoms with Crippen LogP contribution in [0.3, 0.4) is 0 Å². The molecule has 4 nitrogen and oxygen atoms in total. The summed E-state index contributed by atoms with van der Waals surface area (Å²) in [7, 11) is 0. The van der Waals surface area contributed by atoms with Crippen molar-refractivity contribution in [1.82, 2.24) is 15.3 Å². The van der Waals surface area contributed by atoms with Gasteiger partial charge in [0.15, 0.2) is 0 Å². The van der Waals surface area contributed by atoms with Gasteiger partial charge in [0.1, 0.15) is 5.82 Å². The van der Waals surface area contributed by atoms with Crippen molar-refractivity contribution < 1.29 is 0 Å². The van der Waals surface area contributed by atoms with E-state index in [-0.39, 0.29) is 0 Å². The second kappa shape index (κ2) is 6.85. The summed E-state index contributed by atoms with van der Waals surface area (Å²) in [5, 5.41) is 3.38. The van der Waals surface area contributed by atoms with E-state index in [0.29, 0.717) is 6.04 Å². The van der Waals surface area contributed by atoms with E-state index in [9.17, 15) is 0 Å². The average molecular weight is 262 g/mol. The SMILES string of the molecule is CCCNCc1cncc(N2CCCC(C)C2C)n1. The quantitative estimate of drug-likeness (QED) is 0.828. The summed E-state index contributed by atoms with van der Waals surface area (Å²) < 4.78 is 0. The van der Waals surface area contributed by atoms with Crippen LogP contribution in [0.2, 0.25) is 0 Å². The molecule has 2 atom stereocenters. The smallest absolute Gasteiger partial charge is 0.147 e. The zero-order chi connectivity index (χ0) is 13.7. The van der Waals surface area contributed by atoms with Crippen LogP contribution in [0, 0.1) is 5.92 Å². The first-order valence-corrected chi connectivity index (χ1v) is 7.50. The summed E-state index contributed by atoms with van der Waals surface area (Å²) in [6, 6.07) is 0.557. The number of nitrogens with one attached hydrogen (secondary N) is 1. The lowest BCUT2D eigenvalue weighted by Gasteiger charge is -2.38. The van der Waals surface area contributed by atoms with Gasteiger partial charge in [-0.25, -0.2) is 4.98 Å². The lowest BCUT2D eigenvalue weighted by Crippen LogP contribution is -2.43. The standard InChI is InChI=1S/C15H26N4/c1-4-7-16-9-14-10-17-11-15(18-14)19-8-5-6-12(2)13(19)3/h10-13,16H,4-9H2,1-3H3. The van der Waals surface area contributed by atoms with E-state index in [0.717, 1.165) is 43.5 Å². The molecule has 19 heavy (non-hydrogen) atoms. The monoisotopic (exact) mass is 262 g/mol. The summed E-state index contributed by atoms with van der Waals surface area (Å²) in [6.45, 7) is 9.75. The molecular weight excluding hydrogens is 236 g/mol. The van der Waals surface area contributed by atoms with Gasteiger partial charge in [-0.15, -0.1) is 0 Å². The van der Waals surface area contributed by atoms with Crippen molar-refractivity contribution >= 4 is 5.82 Å². The number of aromatic nitrogens is 2. The molecule has 4 heteroatoms. The van der Waals surface area contributed by atoms with Gasteiger partial charge >= 0.3 is 0 Å². The number of nitrogens with zero attached hydrogens (tertiary/aromatic N) is 3. The fourth-order valence-electron chi connectivity index (χ4n) is 2.67. The van der Waals surface area contributed by atoms with Crippen LogP contribution in [0.4, 0.5) is 5.82 Å². The van der Waals surface area contributed by atoms with Gasteiger partial charge in [-0.1, -0.05) is 13.8 Å². The second-order valence-corrected chi connectivity index (χ2v) is 5.60. The molecule has 0 amide bonds. The predicted octanol–water partition coefficient (Wildman–Crippen LogP) is 2.60. The van der Waals surface area contributed by atoms with Gasteiger partial charge in [0.25, 0.3) is 0 Å². The first-order chi connectivity index (χ1) is 9.22. The van der Waals surface area contributed by atoms with Gasteiger partial charge in [-0.3, -0.25) is 4.98 Å². The number of piperidine rings is 1. The first kappa shape index (κ1) is 14.3. The molecule has 1 fully saturated rings. The summed E-state index contributed by atoms with van der Waals surface area (Å²) in [6.07, 6.45) is 7.49. The summed E-state index contributed by atoms with van der Waals surface area (Å²) in [4.78, 5) is 11.5. The highest BCUT2D eigenvalue weighted by atomic mass is 15.2. The number of rotatable bonds is 5. The molecule has 2 unspecified atom stereocenters. The third-order valence-electron chi connectivity index (χ3n) is 4.07. The highest BCUT2D eigenvalue weighted by Crippen LogP contribution is 2.26. The molecule has 2 heterocycles. The third kappa shape index (κ3) is 3.66. The number of hydrogen-bond donors (Lipinski definition) is 1. The van der Waals surface area contributed by atoms with Gasteiger partial charge in [-0.05, 0) is 38.6 Å². The number of anilines is 1. The highest BCUT2D eigenvalue weighted by Gasteiger charge is 2.25. The van der Waals surface area contributed by atoms with Crippen LogP contribution in [0.15, 0.2) is 12.4 Å². The Morgan fingerprint density at radius 2 is 2.21 bits per heavy atom. The molecule has 1 saturated heterocycles. The van der Waals surface area contributed by atoms with Crippen molar-refractivity contribution in [2.24, 2.45) is 5.92 Å². The minimum Gasteiger partial charge on any atom is -0.352 e. The van der Waals surface area contributed by atoms with E-state index >= 15 is 0 Å². The van der Waals surface area contributed by atoms with Crippen molar-refractivity contribution in [3.63, 3.8) is 0 Å². The summed E-state index contributed by atoms with van der Waals surface area (Å²) in [5.41, 5.74) is 1.04. The lowest BCUT2D eigenvalue weighted by molar-refractivity contribution is 0.361. The van der Waals surface area contributed by atoms with Gasteiger partial charge in [0.05, 0.1) is 11.9 Å². The van der Waals surface area contributed by atoms with Crippen LogP contribution in [-0.4, -0.2) is 29.1 Å². The molecule has 106 valence electrons. The molecule has 0 radical (unpaired) electrons. The van der Waals surface area contributed by atoms with E-state index in [1.165, 1.54) is 12.8 Å². The molecule has 2 rings (SSSR count). The average Bonchev–Trinajstić information content (AvgIpc) is 2.43. The van der Waals surface area contributed by atoms with E-state index in [1.54, 1.807) is 0 Å². The van der Waals surface area contributed by atoms with Crippen molar-refractivity contribution in [2.75, 3.05) is 18.0 Å². The number of hydrogen-bond acceptors (Lipinski definition) is 4. The Kier molecular flexibility index (Phi) is 5.14. The lowest BCUT2D eigenvalue weighted by atomic mass is 9.92. The summed E-state index contributed by atoms with van der Waals surface area (Å²) >= 11 is 0. The second-order valence-electron chi connectivity index (χ2n) is 5.60. The van der Waals surface area contributed by atoms with Gasteiger partial charge in [0, 0.05) is 25.3 Å². The topological polar surface area (TPSA) is 41.1 Å². The minimum atomic E-state index is 0.557. The largest absolute Gasteiger partial charge is 0.352 e. The van der Waals surface area contributed by atoms with Crippen molar-refractivity contribution in [3.8, 4) is 0 Å². The van der Waals surface area contributed by atoms with E-state index in [2.05, 4.69) is 36.0 Å². The Balaban J connectivity index is 2.05. The van der Waals surface area contributed by atoms with Crippen LogP contribution in [-0.2, 0) is 6.54 Å².